The molecule has 1 heterocycles. The summed E-state index contributed by atoms with van der Waals surface area (Å²) in [7, 11) is 0. The highest BCUT2D eigenvalue weighted by atomic mass is 79.9. The van der Waals surface area contributed by atoms with Crippen molar-refractivity contribution >= 4 is 38.9 Å². The number of para-hydroxylation sites is 1. The summed E-state index contributed by atoms with van der Waals surface area (Å²) in [6.45, 7) is 3.60. The lowest BCUT2D eigenvalue weighted by Crippen LogP contribution is -2.16. The van der Waals surface area contributed by atoms with Gasteiger partial charge in [-0.3, -0.25) is 10.2 Å². The van der Waals surface area contributed by atoms with Gasteiger partial charge >= 0.3 is 6.18 Å². The Kier molecular flexibility index (Phi) is 5.46. The number of hydrogen-bond donors (Lipinski definition) is 3. The Bertz CT molecular complexity index is 1270. The number of carbonyl (C=O) groups is 1. The largest absolute Gasteiger partial charge is 0.505 e. The number of halogens is 4. The van der Waals surface area contributed by atoms with Crippen LogP contribution in [0.5, 0.6) is 5.75 Å². The molecule has 1 aliphatic heterocycles. The molecule has 164 valence electrons. The summed E-state index contributed by atoms with van der Waals surface area (Å²) in [4.78, 5) is 12.6. The number of fused-ring (bicyclic) bond motifs is 1. The zero-order valence-electron chi connectivity index (χ0n) is 16.9. The van der Waals surface area contributed by atoms with Crippen molar-refractivity contribution in [3.63, 3.8) is 0 Å². The van der Waals surface area contributed by atoms with E-state index in [2.05, 4.69) is 31.8 Å². The first kappa shape index (κ1) is 21.9. The lowest BCUT2D eigenvalue weighted by atomic mass is 9.92. The Hall–Kier alpha value is -3.33. The molecule has 0 aromatic heterocycles. The Balaban J connectivity index is 1.88. The van der Waals surface area contributed by atoms with E-state index < -0.39 is 17.6 Å². The van der Waals surface area contributed by atoms with Gasteiger partial charge in [0.05, 0.1) is 21.4 Å². The molecule has 0 unspecified atom stereocenters. The molecule has 0 aliphatic carbocycles. The zero-order chi connectivity index (χ0) is 23.2. The van der Waals surface area contributed by atoms with E-state index in [1.807, 2.05) is 6.07 Å². The fourth-order valence-electron chi connectivity index (χ4n) is 3.71. The van der Waals surface area contributed by atoms with Gasteiger partial charge in [0, 0.05) is 11.1 Å². The van der Waals surface area contributed by atoms with E-state index in [-0.39, 0.29) is 34.0 Å². The number of hydrazone groups is 1. The van der Waals surface area contributed by atoms with Crippen LogP contribution in [0.2, 0.25) is 0 Å². The highest BCUT2D eigenvalue weighted by molar-refractivity contribution is 9.10. The number of rotatable bonds is 3. The molecule has 1 amide bonds. The molecule has 0 radical (unpaired) electrons. The summed E-state index contributed by atoms with van der Waals surface area (Å²) in [6.07, 6.45) is -4.62. The SMILES string of the molecule is Cc1cc(C)cc(-c2c(C(F)(F)F)ccc3c2NC(=O)C3=NNc2cccc(Br)c2O)c1. The fraction of sp³-hybridized carbons (Fsp3) is 0.130. The number of phenols is 1. The highest BCUT2D eigenvalue weighted by Gasteiger charge is 2.39. The maximum atomic E-state index is 13.9. The summed E-state index contributed by atoms with van der Waals surface area (Å²) in [6, 6.07) is 12.2. The van der Waals surface area contributed by atoms with E-state index in [0.717, 1.165) is 17.2 Å². The second kappa shape index (κ2) is 7.98. The van der Waals surface area contributed by atoms with Gasteiger partial charge in [0.25, 0.3) is 5.91 Å². The molecule has 1 aliphatic rings. The second-order valence-corrected chi connectivity index (χ2v) is 8.30. The van der Waals surface area contributed by atoms with E-state index in [1.54, 1.807) is 44.2 Å². The van der Waals surface area contributed by atoms with E-state index in [0.29, 0.717) is 10.0 Å². The Morgan fingerprint density at radius 3 is 2.41 bits per heavy atom. The minimum Gasteiger partial charge on any atom is -0.505 e. The van der Waals surface area contributed by atoms with Crippen molar-refractivity contribution in [1.29, 1.82) is 0 Å². The second-order valence-electron chi connectivity index (χ2n) is 7.45. The minimum atomic E-state index is -4.62. The molecule has 9 heteroatoms. The number of hydrogen-bond acceptors (Lipinski definition) is 4. The van der Waals surface area contributed by atoms with Gasteiger partial charge in [0.2, 0.25) is 0 Å². The Labute approximate surface area is 190 Å². The van der Waals surface area contributed by atoms with Gasteiger partial charge in [-0.05, 0) is 59.6 Å². The minimum absolute atomic E-state index is 0.0499. The first-order valence-corrected chi connectivity index (χ1v) is 10.3. The first-order chi connectivity index (χ1) is 15.1. The topological polar surface area (TPSA) is 73.7 Å². The maximum absolute atomic E-state index is 13.9. The molecule has 0 saturated heterocycles. The Morgan fingerprint density at radius 1 is 1.06 bits per heavy atom. The molecule has 0 spiro atoms. The predicted octanol–water partition coefficient (Wildman–Crippen LogP) is 6.23. The number of carbonyl (C=O) groups excluding carboxylic acids is 1. The van der Waals surface area contributed by atoms with Crippen LogP contribution in [0.4, 0.5) is 24.5 Å². The Morgan fingerprint density at radius 2 is 1.75 bits per heavy atom. The van der Waals surface area contributed by atoms with Crippen molar-refractivity contribution in [3.8, 4) is 16.9 Å². The third-order valence-corrected chi connectivity index (χ3v) is 5.64. The number of benzene rings is 3. The molecule has 0 atom stereocenters. The van der Waals surface area contributed by atoms with Crippen molar-refractivity contribution in [3.05, 3.63) is 75.3 Å². The number of anilines is 2. The van der Waals surface area contributed by atoms with E-state index >= 15 is 0 Å². The van der Waals surface area contributed by atoms with Crippen molar-refractivity contribution in [1.82, 2.24) is 0 Å². The number of aryl methyl sites for hydroxylation is 2. The van der Waals surface area contributed by atoms with Crippen LogP contribution >= 0.6 is 15.9 Å². The van der Waals surface area contributed by atoms with Crippen LogP contribution in [0.3, 0.4) is 0 Å². The standard InChI is InChI=1S/C23H17BrF3N3O2/c1-11-8-12(2)10-13(9-11)18-15(23(25,26)27)7-6-14-19(18)28-22(32)20(14)30-29-17-5-3-4-16(24)21(17)31/h3-10,29,31H,1-2H3,(H,28,30,32). The molecule has 32 heavy (non-hydrogen) atoms. The maximum Gasteiger partial charge on any atom is 0.417 e. The lowest BCUT2D eigenvalue weighted by Gasteiger charge is -2.17. The number of aromatic hydroxyl groups is 1. The molecule has 0 bridgehead atoms. The third kappa shape index (κ3) is 3.95. The number of amides is 1. The monoisotopic (exact) mass is 503 g/mol. The third-order valence-electron chi connectivity index (χ3n) is 5.00. The van der Waals surface area contributed by atoms with Gasteiger partial charge in [-0.1, -0.05) is 35.4 Å². The summed E-state index contributed by atoms with van der Waals surface area (Å²) in [5.41, 5.74) is 4.05. The van der Waals surface area contributed by atoms with Gasteiger partial charge in [0.1, 0.15) is 0 Å². The van der Waals surface area contributed by atoms with Gasteiger partial charge in [-0.15, -0.1) is 0 Å². The molecule has 4 rings (SSSR count). The van der Waals surface area contributed by atoms with Crippen LogP contribution < -0.4 is 10.7 Å². The van der Waals surface area contributed by atoms with Crippen molar-refractivity contribution in [2.45, 2.75) is 20.0 Å². The molecular weight excluding hydrogens is 487 g/mol. The zero-order valence-corrected chi connectivity index (χ0v) is 18.5. The van der Waals surface area contributed by atoms with E-state index in [1.165, 1.54) is 6.07 Å². The van der Waals surface area contributed by atoms with E-state index in [4.69, 9.17) is 0 Å². The van der Waals surface area contributed by atoms with Gasteiger partial charge in [-0.25, -0.2) is 0 Å². The molecule has 3 aromatic rings. The van der Waals surface area contributed by atoms with Gasteiger partial charge in [-0.2, -0.15) is 18.3 Å². The quantitative estimate of drug-likeness (QED) is 0.293. The summed E-state index contributed by atoms with van der Waals surface area (Å²) < 4.78 is 42.0. The predicted molar refractivity (Wildman–Crippen MR) is 121 cm³/mol. The van der Waals surface area contributed by atoms with Crippen LogP contribution in [0, 0.1) is 13.8 Å². The summed E-state index contributed by atoms with van der Waals surface area (Å²) in [5, 5.41) is 16.7. The molecule has 5 nitrogen and oxygen atoms in total. The summed E-state index contributed by atoms with van der Waals surface area (Å²) in [5.74, 6) is -0.759. The molecular formula is C23H17BrF3N3O2. The van der Waals surface area contributed by atoms with Crippen molar-refractivity contribution in [2.24, 2.45) is 5.10 Å². The van der Waals surface area contributed by atoms with Crippen LogP contribution in [0.25, 0.3) is 11.1 Å². The number of nitrogens with zero attached hydrogens (tertiary/aromatic N) is 1. The van der Waals surface area contributed by atoms with E-state index in [9.17, 15) is 23.1 Å². The highest BCUT2D eigenvalue weighted by Crippen LogP contribution is 2.45. The number of nitrogens with one attached hydrogen (secondary N) is 2. The fourth-order valence-corrected chi connectivity index (χ4v) is 4.08. The van der Waals surface area contributed by atoms with Crippen molar-refractivity contribution < 1.29 is 23.1 Å². The summed E-state index contributed by atoms with van der Waals surface area (Å²) >= 11 is 3.19. The first-order valence-electron chi connectivity index (χ1n) is 9.52. The molecule has 3 aromatic carbocycles. The lowest BCUT2D eigenvalue weighted by molar-refractivity contribution is -0.137. The normalized spacial score (nSPS) is 14.4. The van der Waals surface area contributed by atoms with Crippen LogP contribution in [0.1, 0.15) is 22.3 Å². The van der Waals surface area contributed by atoms with Gasteiger partial charge < -0.3 is 10.4 Å². The van der Waals surface area contributed by atoms with Crippen LogP contribution in [-0.4, -0.2) is 16.7 Å². The van der Waals surface area contributed by atoms with Crippen LogP contribution in [-0.2, 0) is 11.0 Å². The van der Waals surface area contributed by atoms with Crippen LogP contribution in [0.15, 0.2) is 58.1 Å². The number of alkyl halides is 3. The van der Waals surface area contributed by atoms with Gasteiger partial charge in [0.15, 0.2) is 11.5 Å². The average molecular weight is 504 g/mol. The van der Waals surface area contributed by atoms with Crippen molar-refractivity contribution in [2.75, 3.05) is 10.7 Å². The molecule has 3 N–H and O–H groups in total. The smallest absolute Gasteiger partial charge is 0.417 e. The molecule has 0 fully saturated rings. The molecule has 0 saturated carbocycles. The average Bonchev–Trinajstić information content (AvgIpc) is 3.02. The number of phenolic OH excluding ortho intramolecular Hbond substituents is 1.